The van der Waals surface area contributed by atoms with Crippen LogP contribution in [-0.4, -0.2) is 19.9 Å². The van der Waals surface area contributed by atoms with Crippen LogP contribution in [0.3, 0.4) is 0 Å². The van der Waals surface area contributed by atoms with Crippen molar-refractivity contribution in [2.24, 2.45) is 0 Å². The molecule has 2 spiro atoms. The molecule has 25 rings (SSSR count). The molecule has 3 aromatic heterocycles. The fourth-order valence-electron chi connectivity index (χ4n) is 20.1. The Hall–Kier alpha value is -15.5. The minimum atomic E-state index is -3.11. The maximum atomic E-state index is 15.2. The summed E-state index contributed by atoms with van der Waals surface area (Å²) >= 11 is 0. The molecule has 2 aliphatic heterocycles. The molecule has 2 aliphatic carbocycles. The molecule has 4 aliphatic rings. The SMILES string of the molecule is O=P(c1ccccc1)(c1ccccc1)c1ccc(-c2ccc3nc(-c4ccccc4)c4cc5c(cc4c3c2)C2(c3ccccc3Oc3ccccc32)c2ccccc2-5)cc1.c1ccc(-c2nc(-c3ccc(-c4ccc5nc(-c6ccccc6)c6cc7c(cc6c5c4)C4(c5ccccc5Oc5ccccc54)c4ccccc4-7)cc3)c3ccccc3n2)cc1. The third-order valence-electron chi connectivity index (χ3n) is 25.5. The van der Waals surface area contributed by atoms with Crippen molar-refractivity contribution in [2.75, 3.05) is 0 Å². The number of ether oxygens (including phenoxy) is 2. The number of nitrogens with zero attached hydrogens (tertiary/aromatic N) is 4. The van der Waals surface area contributed by atoms with Crippen molar-refractivity contribution in [1.29, 1.82) is 0 Å². The predicted molar refractivity (Wildman–Crippen MR) is 498 cm³/mol. The molecule has 5 heterocycles. The van der Waals surface area contributed by atoms with Gasteiger partial charge in [-0.1, -0.05) is 352 Å². The Labute approximate surface area is 705 Å². The summed E-state index contributed by atoms with van der Waals surface area (Å²) in [5, 5.41) is 10.2. The van der Waals surface area contributed by atoms with Gasteiger partial charge in [-0.25, -0.2) is 19.9 Å². The number of benzene rings is 18. The van der Waals surface area contributed by atoms with E-state index in [1.807, 2.05) is 97.1 Å². The van der Waals surface area contributed by atoms with Gasteiger partial charge in [0.25, 0.3) is 0 Å². The van der Waals surface area contributed by atoms with E-state index in [1.165, 1.54) is 49.9 Å². The van der Waals surface area contributed by atoms with Crippen LogP contribution in [0.25, 0.3) is 144 Å². The Kier molecular flexibility index (Phi) is 16.3. The molecule has 8 heteroatoms. The maximum Gasteiger partial charge on any atom is 0.171 e. The number of aromatic nitrogens is 4. The van der Waals surface area contributed by atoms with Gasteiger partial charge in [0.2, 0.25) is 0 Å². The molecule has 0 saturated heterocycles. The Morgan fingerprint density at radius 2 is 0.516 bits per heavy atom. The van der Waals surface area contributed by atoms with Gasteiger partial charge in [0, 0.05) is 87.4 Å². The Morgan fingerprint density at radius 3 is 0.959 bits per heavy atom. The molecular weight excluding hydrogens is 1500 g/mol. The van der Waals surface area contributed by atoms with E-state index in [0.717, 1.165) is 177 Å². The maximum absolute atomic E-state index is 15.2. The first-order valence-corrected chi connectivity index (χ1v) is 43.2. The van der Waals surface area contributed by atoms with E-state index in [2.05, 4.69) is 334 Å². The number of rotatable bonds is 9. The molecule has 0 unspecified atom stereocenters. The number of pyridine rings is 2. The van der Waals surface area contributed by atoms with Gasteiger partial charge in [0.15, 0.2) is 13.0 Å². The minimum Gasteiger partial charge on any atom is -0.457 e. The van der Waals surface area contributed by atoms with Gasteiger partial charge in [-0.15, -0.1) is 0 Å². The van der Waals surface area contributed by atoms with E-state index < -0.39 is 18.0 Å². The zero-order valence-electron chi connectivity index (χ0n) is 66.0. The van der Waals surface area contributed by atoms with Gasteiger partial charge in [-0.3, -0.25) is 0 Å². The topological polar surface area (TPSA) is 87.1 Å². The zero-order chi connectivity index (χ0) is 80.6. The van der Waals surface area contributed by atoms with E-state index in [9.17, 15) is 0 Å². The standard InChI is InChI=1S/C58H35N3O.C56H36NO2P/c1-3-15-37(16-4-1)56-46-34-44-41-19-7-9-21-47(41)58(48-22-10-13-25-53(48)62-54-26-14-11-23-49(54)58)50(44)35-43(46)45-33-40(31-32-52(45)59-56)36-27-29-38(30-28-36)55-42-20-8-12-24-51(42)60-57(61-55)39-17-5-2-6-18-39;58-60(40-18-6-2-7-19-40,41-20-8-3-9-21-41)42-31-28-37(29-32-42)39-30-33-52-46(34-39)44-36-51-45(35-47(44)55(57-52)38-16-4-1-5-17-38)43-22-10-11-23-48(43)56(51)49-24-12-14-26-53(49)59-54-27-15-13-25-50(54)56/h1-35H;1-36H. The van der Waals surface area contributed by atoms with Crippen molar-refractivity contribution >= 4 is 77.3 Å². The summed E-state index contributed by atoms with van der Waals surface area (Å²) in [5.41, 5.74) is 27.5. The molecule has 7 nitrogen and oxygen atoms in total. The summed E-state index contributed by atoms with van der Waals surface area (Å²) in [7, 11) is -3.11. The molecule has 570 valence electrons. The highest BCUT2D eigenvalue weighted by molar-refractivity contribution is 7.85. The predicted octanol–water partition coefficient (Wildman–Crippen LogP) is 27.3. The van der Waals surface area contributed by atoms with Crippen molar-refractivity contribution in [3.8, 4) is 113 Å². The average molecular weight is 1580 g/mol. The van der Waals surface area contributed by atoms with Crippen molar-refractivity contribution in [3.63, 3.8) is 0 Å². The van der Waals surface area contributed by atoms with Crippen molar-refractivity contribution in [2.45, 2.75) is 10.8 Å². The van der Waals surface area contributed by atoms with Crippen molar-refractivity contribution < 1.29 is 14.0 Å². The van der Waals surface area contributed by atoms with Crippen LogP contribution in [0.15, 0.2) is 431 Å². The third kappa shape index (κ3) is 10.8. The van der Waals surface area contributed by atoms with Crippen molar-refractivity contribution in [3.05, 3.63) is 475 Å². The van der Waals surface area contributed by atoms with Crippen LogP contribution >= 0.6 is 7.14 Å². The lowest BCUT2D eigenvalue weighted by molar-refractivity contribution is 0.436. The van der Waals surface area contributed by atoms with Gasteiger partial charge < -0.3 is 14.0 Å². The van der Waals surface area contributed by atoms with Gasteiger partial charge >= 0.3 is 0 Å². The molecule has 0 atom stereocenters. The second-order valence-electron chi connectivity index (χ2n) is 32.0. The van der Waals surface area contributed by atoms with Gasteiger partial charge in [-0.05, 0) is 156 Å². The van der Waals surface area contributed by atoms with Crippen LogP contribution < -0.4 is 25.4 Å². The molecule has 21 aromatic rings. The van der Waals surface area contributed by atoms with Gasteiger partial charge in [0.1, 0.15) is 23.0 Å². The van der Waals surface area contributed by atoms with Crippen LogP contribution in [0.4, 0.5) is 0 Å². The lowest BCUT2D eigenvalue weighted by Crippen LogP contribution is -2.32. The van der Waals surface area contributed by atoms with Gasteiger partial charge in [-0.2, -0.15) is 0 Å². The first-order chi connectivity index (χ1) is 60.3. The normalized spacial score (nSPS) is 13.2. The summed E-state index contributed by atoms with van der Waals surface area (Å²) in [6.45, 7) is 0. The smallest absolute Gasteiger partial charge is 0.171 e. The average Bonchev–Trinajstić information content (AvgIpc) is 1.51. The Balaban J connectivity index is 0.000000138. The Morgan fingerprint density at radius 1 is 0.197 bits per heavy atom. The third-order valence-corrected chi connectivity index (χ3v) is 28.6. The number of hydrogen-bond donors (Lipinski definition) is 0. The first kappa shape index (κ1) is 70.7. The molecule has 122 heavy (non-hydrogen) atoms. The van der Waals surface area contributed by atoms with Crippen LogP contribution in [-0.2, 0) is 15.4 Å². The molecule has 0 amide bonds. The Bertz CT molecular complexity index is 7770. The first-order valence-electron chi connectivity index (χ1n) is 41.5. The number of fused-ring (bicyclic) bond motifs is 25. The summed E-state index contributed by atoms with van der Waals surface area (Å²) in [5.74, 6) is 4.24. The quantitative estimate of drug-likeness (QED) is 0.105. The van der Waals surface area contributed by atoms with Crippen LogP contribution in [0.5, 0.6) is 23.0 Å². The van der Waals surface area contributed by atoms with E-state index in [-0.39, 0.29) is 0 Å². The van der Waals surface area contributed by atoms with E-state index in [0.29, 0.717) is 0 Å². The molecule has 18 aromatic carbocycles. The van der Waals surface area contributed by atoms with E-state index in [1.54, 1.807) is 0 Å². The number of para-hydroxylation sites is 5. The molecule has 0 radical (unpaired) electrons. The molecule has 0 fully saturated rings. The van der Waals surface area contributed by atoms with Crippen molar-refractivity contribution in [1.82, 2.24) is 19.9 Å². The fraction of sp³-hybridized carbons (Fsp3) is 0.0175. The number of hydrogen-bond acceptors (Lipinski definition) is 7. The largest absolute Gasteiger partial charge is 0.457 e. The molecular formula is C114H71N4O3P. The molecule has 0 N–H and O–H groups in total. The highest BCUT2D eigenvalue weighted by atomic mass is 31.2. The van der Waals surface area contributed by atoms with Crippen LogP contribution in [0.1, 0.15) is 44.5 Å². The lowest BCUT2D eigenvalue weighted by Gasteiger charge is -2.39. The summed E-state index contributed by atoms with van der Waals surface area (Å²) in [6, 6.07) is 151. The summed E-state index contributed by atoms with van der Waals surface area (Å²) < 4.78 is 28.5. The van der Waals surface area contributed by atoms with Crippen LogP contribution in [0, 0.1) is 0 Å². The van der Waals surface area contributed by atoms with Gasteiger partial charge in [0.05, 0.1) is 44.5 Å². The van der Waals surface area contributed by atoms with E-state index in [4.69, 9.17) is 29.4 Å². The monoisotopic (exact) mass is 1570 g/mol. The second-order valence-corrected chi connectivity index (χ2v) is 34.7. The minimum absolute atomic E-state index is 0.576. The molecule has 0 bridgehead atoms. The van der Waals surface area contributed by atoms with E-state index >= 15 is 4.57 Å². The zero-order valence-corrected chi connectivity index (χ0v) is 66.8. The second kappa shape index (κ2) is 28.1. The highest BCUT2D eigenvalue weighted by Crippen LogP contribution is 2.65. The summed E-state index contributed by atoms with van der Waals surface area (Å²) in [4.78, 5) is 20.9. The lowest BCUT2D eigenvalue weighted by atomic mass is 9.66. The fourth-order valence-corrected chi connectivity index (χ4v) is 22.8. The summed E-state index contributed by atoms with van der Waals surface area (Å²) in [6.07, 6.45) is 0. The highest BCUT2D eigenvalue weighted by Gasteiger charge is 2.53. The molecule has 0 saturated carbocycles. The van der Waals surface area contributed by atoms with Crippen LogP contribution in [0.2, 0.25) is 0 Å².